The van der Waals surface area contributed by atoms with Crippen LogP contribution in [0.4, 0.5) is 8.78 Å². The van der Waals surface area contributed by atoms with Crippen molar-refractivity contribution < 1.29 is 13.9 Å². The van der Waals surface area contributed by atoms with E-state index in [0.717, 1.165) is 22.7 Å². The molecule has 0 radical (unpaired) electrons. The van der Waals surface area contributed by atoms with Crippen LogP contribution < -0.4 is 0 Å². The van der Waals surface area contributed by atoms with Crippen LogP contribution in [0.25, 0.3) is 0 Å². The molecule has 0 spiro atoms. The van der Waals surface area contributed by atoms with Crippen LogP contribution in [-0.2, 0) is 0 Å². The first kappa shape index (κ1) is 12.2. The summed E-state index contributed by atoms with van der Waals surface area (Å²) in [6, 6.07) is 9.97. The Morgan fingerprint density at radius 2 is 1.59 bits per heavy atom. The number of rotatable bonds is 2. The Labute approximate surface area is 106 Å². The van der Waals surface area contributed by atoms with Gasteiger partial charge in [0, 0.05) is 10.5 Å². The van der Waals surface area contributed by atoms with E-state index in [1.54, 1.807) is 18.2 Å². The molecule has 88 valence electrons. The summed E-state index contributed by atoms with van der Waals surface area (Å²) in [5, 5.41) is 10.0. The van der Waals surface area contributed by atoms with Gasteiger partial charge in [0.25, 0.3) is 0 Å². The molecular formula is C13H9BrF2O. The van der Waals surface area contributed by atoms with Crippen LogP contribution in [0, 0.1) is 11.6 Å². The van der Waals surface area contributed by atoms with E-state index in [-0.39, 0.29) is 5.56 Å². The minimum Gasteiger partial charge on any atom is -0.384 e. The highest BCUT2D eigenvalue weighted by Crippen LogP contribution is 2.25. The zero-order valence-electron chi connectivity index (χ0n) is 8.70. The Bertz CT molecular complexity index is 522. The van der Waals surface area contributed by atoms with Crippen molar-refractivity contribution in [1.29, 1.82) is 0 Å². The van der Waals surface area contributed by atoms with Gasteiger partial charge in [0.1, 0.15) is 17.7 Å². The van der Waals surface area contributed by atoms with E-state index in [1.165, 1.54) is 0 Å². The smallest absolute Gasteiger partial charge is 0.126 e. The molecule has 0 unspecified atom stereocenters. The van der Waals surface area contributed by atoms with Crippen molar-refractivity contribution >= 4 is 15.9 Å². The van der Waals surface area contributed by atoms with Crippen molar-refractivity contribution in [3.05, 3.63) is 69.7 Å². The molecule has 2 rings (SSSR count). The first-order chi connectivity index (χ1) is 8.06. The second-order valence-electron chi connectivity index (χ2n) is 3.66. The lowest BCUT2D eigenvalue weighted by Gasteiger charge is -2.12. The predicted molar refractivity (Wildman–Crippen MR) is 64.6 cm³/mol. The Hall–Kier alpha value is -1.26. The molecule has 0 aromatic heterocycles. The molecule has 2 aromatic rings. The molecule has 0 aliphatic rings. The Balaban J connectivity index is 2.39. The summed E-state index contributed by atoms with van der Waals surface area (Å²) in [5.41, 5.74) is 0.768. The van der Waals surface area contributed by atoms with Gasteiger partial charge in [-0.3, -0.25) is 0 Å². The highest BCUT2D eigenvalue weighted by Gasteiger charge is 2.12. The second kappa shape index (κ2) is 4.94. The van der Waals surface area contributed by atoms with Crippen molar-refractivity contribution in [3.63, 3.8) is 0 Å². The zero-order chi connectivity index (χ0) is 12.4. The topological polar surface area (TPSA) is 20.2 Å². The van der Waals surface area contributed by atoms with Crippen LogP contribution >= 0.6 is 15.9 Å². The maximum atomic E-state index is 13.0. The third-order valence-electron chi connectivity index (χ3n) is 2.37. The molecule has 0 aliphatic carbocycles. The molecule has 1 nitrogen and oxygen atoms in total. The quantitative estimate of drug-likeness (QED) is 0.894. The Morgan fingerprint density at radius 3 is 2.18 bits per heavy atom. The number of hydrogen-bond donors (Lipinski definition) is 1. The Kier molecular flexibility index (Phi) is 3.54. The van der Waals surface area contributed by atoms with Gasteiger partial charge in [-0.05, 0) is 35.4 Å². The predicted octanol–water partition coefficient (Wildman–Crippen LogP) is 3.81. The lowest BCUT2D eigenvalue weighted by atomic mass is 10.0. The van der Waals surface area contributed by atoms with Crippen LogP contribution in [0.15, 0.2) is 46.9 Å². The second-order valence-corrected chi connectivity index (χ2v) is 4.58. The first-order valence-corrected chi connectivity index (χ1v) is 5.75. The molecule has 0 amide bonds. The fraction of sp³-hybridized carbons (Fsp3) is 0.0769. The summed E-state index contributed by atoms with van der Waals surface area (Å²) < 4.78 is 26.8. The van der Waals surface area contributed by atoms with Gasteiger partial charge in [0.2, 0.25) is 0 Å². The van der Waals surface area contributed by atoms with E-state index in [0.29, 0.717) is 5.56 Å². The first-order valence-electron chi connectivity index (χ1n) is 4.96. The van der Waals surface area contributed by atoms with Gasteiger partial charge in [-0.2, -0.15) is 0 Å². The normalized spacial score (nSPS) is 12.5. The average Bonchev–Trinajstić information content (AvgIpc) is 2.26. The summed E-state index contributed by atoms with van der Waals surface area (Å²) in [7, 11) is 0. The van der Waals surface area contributed by atoms with Gasteiger partial charge in [-0.15, -0.1) is 0 Å². The molecule has 0 aliphatic heterocycles. The van der Waals surface area contributed by atoms with E-state index in [9.17, 15) is 13.9 Å². The molecule has 2 aromatic carbocycles. The van der Waals surface area contributed by atoms with Crippen molar-refractivity contribution in [2.24, 2.45) is 0 Å². The van der Waals surface area contributed by atoms with E-state index < -0.39 is 17.7 Å². The standard InChI is InChI=1S/C13H9BrF2O/c14-10-3-1-2-8(4-10)13(17)9-5-11(15)7-12(16)6-9/h1-7,13,17H/t13-/m0/s1. The third kappa shape index (κ3) is 2.90. The molecule has 0 fully saturated rings. The number of benzene rings is 2. The van der Waals surface area contributed by atoms with E-state index >= 15 is 0 Å². The van der Waals surface area contributed by atoms with Crippen molar-refractivity contribution in [3.8, 4) is 0 Å². The van der Waals surface area contributed by atoms with Crippen LogP contribution in [0.3, 0.4) is 0 Å². The van der Waals surface area contributed by atoms with Gasteiger partial charge in [-0.1, -0.05) is 28.1 Å². The maximum absolute atomic E-state index is 13.0. The van der Waals surface area contributed by atoms with Gasteiger partial charge in [-0.25, -0.2) is 8.78 Å². The van der Waals surface area contributed by atoms with Crippen LogP contribution in [0.5, 0.6) is 0 Å². The molecule has 0 bridgehead atoms. The largest absolute Gasteiger partial charge is 0.384 e. The van der Waals surface area contributed by atoms with Crippen molar-refractivity contribution in [2.45, 2.75) is 6.10 Å². The summed E-state index contributed by atoms with van der Waals surface area (Å²) in [6.45, 7) is 0. The summed E-state index contributed by atoms with van der Waals surface area (Å²) in [6.07, 6.45) is -1.04. The fourth-order valence-corrected chi connectivity index (χ4v) is 2.02. The molecule has 0 heterocycles. The molecule has 1 N–H and O–H groups in total. The van der Waals surface area contributed by atoms with Gasteiger partial charge in [0.15, 0.2) is 0 Å². The highest BCUT2D eigenvalue weighted by atomic mass is 79.9. The number of aliphatic hydroxyl groups excluding tert-OH is 1. The summed E-state index contributed by atoms with van der Waals surface area (Å²) in [5.74, 6) is -1.40. The number of hydrogen-bond acceptors (Lipinski definition) is 1. The summed E-state index contributed by atoms with van der Waals surface area (Å²) >= 11 is 3.27. The molecular weight excluding hydrogens is 290 g/mol. The number of halogens is 3. The summed E-state index contributed by atoms with van der Waals surface area (Å²) in [4.78, 5) is 0. The van der Waals surface area contributed by atoms with Gasteiger partial charge >= 0.3 is 0 Å². The van der Waals surface area contributed by atoms with Crippen molar-refractivity contribution in [1.82, 2.24) is 0 Å². The highest BCUT2D eigenvalue weighted by molar-refractivity contribution is 9.10. The minimum absolute atomic E-state index is 0.195. The lowest BCUT2D eigenvalue weighted by Crippen LogP contribution is -2.01. The lowest BCUT2D eigenvalue weighted by molar-refractivity contribution is 0.219. The van der Waals surface area contributed by atoms with Gasteiger partial charge < -0.3 is 5.11 Å². The molecule has 0 saturated heterocycles. The van der Waals surface area contributed by atoms with Gasteiger partial charge in [0.05, 0.1) is 0 Å². The Morgan fingerprint density at radius 1 is 0.941 bits per heavy atom. The van der Waals surface area contributed by atoms with E-state index in [1.807, 2.05) is 6.07 Å². The number of aliphatic hydroxyl groups is 1. The molecule has 17 heavy (non-hydrogen) atoms. The van der Waals surface area contributed by atoms with E-state index in [2.05, 4.69) is 15.9 Å². The fourth-order valence-electron chi connectivity index (χ4n) is 1.60. The molecule has 4 heteroatoms. The SMILES string of the molecule is O[C@H](c1cc(F)cc(F)c1)c1cccc(Br)c1. The van der Waals surface area contributed by atoms with Crippen LogP contribution in [0.2, 0.25) is 0 Å². The maximum Gasteiger partial charge on any atom is 0.126 e. The van der Waals surface area contributed by atoms with Crippen LogP contribution in [-0.4, -0.2) is 5.11 Å². The molecule has 1 atom stereocenters. The monoisotopic (exact) mass is 298 g/mol. The zero-order valence-corrected chi connectivity index (χ0v) is 10.3. The van der Waals surface area contributed by atoms with Crippen LogP contribution in [0.1, 0.15) is 17.2 Å². The van der Waals surface area contributed by atoms with E-state index in [4.69, 9.17) is 0 Å². The third-order valence-corrected chi connectivity index (χ3v) is 2.86. The van der Waals surface area contributed by atoms with Crippen molar-refractivity contribution in [2.75, 3.05) is 0 Å². The minimum atomic E-state index is -1.04. The average molecular weight is 299 g/mol. The molecule has 0 saturated carbocycles.